The van der Waals surface area contributed by atoms with Crippen LogP contribution in [0.4, 0.5) is 15.8 Å². The summed E-state index contributed by atoms with van der Waals surface area (Å²) in [5.74, 6) is -1.71. The van der Waals surface area contributed by atoms with Crippen LogP contribution < -0.4 is 5.32 Å². The summed E-state index contributed by atoms with van der Waals surface area (Å²) in [6.45, 7) is 0. The van der Waals surface area contributed by atoms with E-state index >= 15 is 0 Å². The topological polar surface area (TPSA) is 92.5 Å². The van der Waals surface area contributed by atoms with Crippen molar-refractivity contribution in [2.24, 2.45) is 0 Å². The summed E-state index contributed by atoms with van der Waals surface area (Å²) in [6, 6.07) is 10.9. The number of aliphatic carboxylic acids is 1. The van der Waals surface area contributed by atoms with Crippen molar-refractivity contribution in [1.82, 2.24) is 0 Å². The largest absolute Gasteiger partial charge is 0.481 e. The predicted octanol–water partition coefficient (Wildman–Crippen LogP) is 3.36. The molecule has 0 aliphatic heterocycles. The van der Waals surface area contributed by atoms with Gasteiger partial charge in [0.2, 0.25) is 0 Å². The van der Waals surface area contributed by atoms with Gasteiger partial charge in [-0.3, -0.25) is 14.9 Å². The number of carbonyl (C=O) groups is 1. The lowest BCUT2D eigenvalue weighted by Gasteiger charge is -2.18. The maximum absolute atomic E-state index is 13.3. The van der Waals surface area contributed by atoms with Crippen LogP contribution in [0.3, 0.4) is 0 Å². The number of carboxylic acids is 1. The van der Waals surface area contributed by atoms with E-state index in [1.165, 1.54) is 0 Å². The number of rotatable bonds is 6. The van der Waals surface area contributed by atoms with Gasteiger partial charge in [0.1, 0.15) is 11.5 Å². The van der Waals surface area contributed by atoms with E-state index in [4.69, 9.17) is 5.11 Å². The molecule has 0 amide bonds. The number of nitro benzene ring substituents is 1. The van der Waals surface area contributed by atoms with E-state index in [0.29, 0.717) is 5.56 Å². The molecular formula is C15H13FN2O4. The molecule has 0 aromatic heterocycles. The minimum absolute atomic E-state index is 0.0555. The van der Waals surface area contributed by atoms with E-state index in [0.717, 1.165) is 18.2 Å². The molecule has 2 aromatic carbocycles. The Kier molecular flexibility index (Phi) is 4.67. The predicted molar refractivity (Wildman–Crippen MR) is 78.1 cm³/mol. The number of halogens is 1. The molecule has 2 N–H and O–H groups in total. The first kappa shape index (κ1) is 15.4. The van der Waals surface area contributed by atoms with E-state index in [9.17, 15) is 19.3 Å². The first-order valence-electron chi connectivity index (χ1n) is 6.44. The van der Waals surface area contributed by atoms with Crippen LogP contribution in [0.25, 0.3) is 0 Å². The smallest absolute Gasteiger partial charge is 0.305 e. The summed E-state index contributed by atoms with van der Waals surface area (Å²) in [4.78, 5) is 21.4. The molecule has 22 heavy (non-hydrogen) atoms. The van der Waals surface area contributed by atoms with Gasteiger partial charge in [0.05, 0.1) is 17.4 Å². The van der Waals surface area contributed by atoms with Crippen LogP contribution in [0, 0.1) is 15.9 Å². The average Bonchev–Trinajstić information content (AvgIpc) is 2.47. The van der Waals surface area contributed by atoms with Crippen LogP contribution in [-0.2, 0) is 4.79 Å². The molecule has 0 heterocycles. The summed E-state index contributed by atoms with van der Waals surface area (Å²) in [6.07, 6.45) is -0.294. The van der Waals surface area contributed by atoms with Crippen LogP contribution in [0.5, 0.6) is 0 Å². The van der Waals surface area contributed by atoms with Gasteiger partial charge >= 0.3 is 5.97 Å². The fourth-order valence-electron chi connectivity index (χ4n) is 2.08. The maximum Gasteiger partial charge on any atom is 0.305 e. The van der Waals surface area contributed by atoms with Crippen LogP contribution in [0.15, 0.2) is 48.5 Å². The Labute approximate surface area is 125 Å². The number of hydrogen-bond acceptors (Lipinski definition) is 4. The van der Waals surface area contributed by atoms with Crippen molar-refractivity contribution < 1.29 is 19.2 Å². The van der Waals surface area contributed by atoms with E-state index in [-0.39, 0.29) is 17.8 Å². The molecule has 2 rings (SSSR count). The molecule has 6 nitrogen and oxygen atoms in total. The van der Waals surface area contributed by atoms with Crippen LogP contribution in [-0.4, -0.2) is 16.0 Å². The molecule has 1 unspecified atom stereocenters. The standard InChI is InChI=1S/C15H13FN2O4/c16-11-6-7-14(18(21)22)13(8-11)17-12(9-15(19)20)10-4-2-1-3-5-10/h1-8,12,17H,9H2,(H,19,20). The van der Waals surface area contributed by atoms with Crippen LogP contribution >= 0.6 is 0 Å². The number of anilines is 1. The Hall–Kier alpha value is -2.96. The van der Waals surface area contributed by atoms with Gasteiger partial charge in [-0.2, -0.15) is 0 Å². The molecule has 0 saturated carbocycles. The summed E-state index contributed by atoms with van der Waals surface area (Å²) < 4.78 is 13.3. The van der Waals surface area contributed by atoms with E-state index in [1.54, 1.807) is 30.3 Å². The third kappa shape index (κ3) is 3.78. The lowest BCUT2D eigenvalue weighted by atomic mass is 10.0. The fourth-order valence-corrected chi connectivity index (χ4v) is 2.08. The first-order chi connectivity index (χ1) is 10.5. The maximum atomic E-state index is 13.3. The summed E-state index contributed by atoms with van der Waals surface area (Å²) in [5, 5.41) is 22.8. The normalized spacial score (nSPS) is 11.7. The van der Waals surface area contributed by atoms with E-state index in [1.807, 2.05) is 0 Å². The third-order valence-electron chi connectivity index (χ3n) is 3.07. The fraction of sp³-hybridized carbons (Fsp3) is 0.133. The molecule has 2 aromatic rings. The second kappa shape index (κ2) is 6.66. The zero-order chi connectivity index (χ0) is 16.1. The lowest BCUT2D eigenvalue weighted by Crippen LogP contribution is -2.16. The highest BCUT2D eigenvalue weighted by atomic mass is 19.1. The summed E-state index contributed by atoms with van der Waals surface area (Å²) >= 11 is 0. The van der Waals surface area contributed by atoms with Crippen molar-refractivity contribution >= 4 is 17.3 Å². The van der Waals surface area contributed by atoms with Crippen molar-refractivity contribution in [3.63, 3.8) is 0 Å². The van der Waals surface area contributed by atoms with Crippen LogP contribution in [0.1, 0.15) is 18.0 Å². The molecular weight excluding hydrogens is 291 g/mol. The highest BCUT2D eigenvalue weighted by molar-refractivity contribution is 5.70. The summed E-state index contributed by atoms with van der Waals surface area (Å²) in [5.41, 5.74) is 0.274. The minimum Gasteiger partial charge on any atom is -0.481 e. The Morgan fingerprint density at radius 3 is 2.55 bits per heavy atom. The van der Waals surface area contributed by atoms with Crippen molar-refractivity contribution in [3.8, 4) is 0 Å². The second-order valence-electron chi connectivity index (χ2n) is 4.62. The first-order valence-corrected chi connectivity index (χ1v) is 6.44. The van der Waals surface area contributed by atoms with Gasteiger partial charge in [0.25, 0.3) is 5.69 Å². The van der Waals surface area contributed by atoms with Gasteiger partial charge in [0.15, 0.2) is 0 Å². The van der Waals surface area contributed by atoms with Gasteiger partial charge in [-0.25, -0.2) is 4.39 Å². The number of carboxylic acid groups (broad SMARTS) is 1. The Balaban J connectivity index is 2.37. The summed E-state index contributed by atoms with van der Waals surface area (Å²) in [7, 11) is 0. The lowest BCUT2D eigenvalue weighted by molar-refractivity contribution is -0.384. The molecule has 114 valence electrons. The monoisotopic (exact) mass is 304 g/mol. The van der Waals surface area contributed by atoms with Crippen LogP contribution in [0.2, 0.25) is 0 Å². The molecule has 0 radical (unpaired) electrons. The van der Waals surface area contributed by atoms with Crippen molar-refractivity contribution in [3.05, 3.63) is 70.0 Å². The van der Waals surface area contributed by atoms with E-state index in [2.05, 4.69) is 5.32 Å². The van der Waals surface area contributed by atoms with Gasteiger partial charge in [-0.05, 0) is 11.6 Å². The third-order valence-corrected chi connectivity index (χ3v) is 3.07. The molecule has 1 atom stereocenters. The zero-order valence-corrected chi connectivity index (χ0v) is 11.4. The zero-order valence-electron chi connectivity index (χ0n) is 11.4. The molecule has 0 aliphatic carbocycles. The second-order valence-corrected chi connectivity index (χ2v) is 4.62. The number of hydrogen-bond donors (Lipinski definition) is 2. The number of nitrogens with one attached hydrogen (secondary N) is 1. The molecule has 0 aliphatic rings. The average molecular weight is 304 g/mol. The van der Waals surface area contributed by atoms with Crippen molar-refractivity contribution in [2.75, 3.05) is 5.32 Å². The molecule has 0 bridgehead atoms. The number of nitrogens with zero attached hydrogens (tertiary/aromatic N) is 1. The quantitative estimate of drug-likeness (QED) is 0.630. The van der Waals surface area contributed by atoms with E-state index < -0.39 is 22.8 Å². The van der Waals surface area contributed by atoms with Crippen molar-refractivity contribution in [2.45, 2.75) is 12.5 Å². The van der Waals surface area contributed by atoms with Gasteiger partial charge in [0, 0.05) is 12.1 Å². The van der Waals surface area contributed by atoms with Gasteiger partial charge in [-0.1, -0.05) is 30.3 Å². The number of nitro groups is 1. The molecule has 7 heteroatoms. The highest BCUT2D eigenvalue weighted by Gasteiger charge is 2.21. The highest BCUT2D eigenvalue weighted by Crippen LogP contribution is 2.30. The number of benzene rings is 2. The minimum atomic E-state index is -1.07. The molecule has 0 fully saturated rings. The van der Waals surface area contributed by atoms with Gasteiger partial charge < -0.3 is 10.4 Å². The SMILES string of the molecule is O=C(O)CC(Nc1cc(F)ccc1[N+](=O)[O-])c1ccccc1. The molecule has 0 spiro atoms. The Bertz CT molecular complexity index is 691. The van der Waals surface area contributed by atoms with Crippen molar-refractivity contribution in [1.29, 1.82) is 0 Å². The Morgan fingerprint density at radius 1 is 1.27 bits per heavy atom. The van der Waals surface area contributed by atoms with Gasteiger partial charge in [-0.15, -0.1) is 0 Å². The Morgan fingerprint density at radius 2 is 1.95 bits per heavy atom. The molecule has 0 saturated heterocycles.